The fourth-order valence-corrected chi connectivity index (χ4v) is 3.87. The molecule has 1 heterocycles. The van der Waals surface area contributed by atoms with Crippen LogP contribution in [0.1, 0.15) is 37.1 Å². The van der Waals surface area contributed by atoms with Crippen molar-refractivity contribution in [3.8, 4) is 11.8 Å². The van der Waals surface area contributed by atoms with Gasteiger partial charge in [-0.3, -0.25) is 0 Å². The number of benzene rings is 1. The van der Waals surface area contributed by atoms with E-state index in [1.165, 1.54) is 6.07 Å². The van der Waals surface area contributed by atoms with Gasteiger partial charge in [0.05, 0.1) is 20.5 Å². The van der Waals surface area contributed by atoms with Crippen LogP contribution in [0, 0.1) is 11.3 Å². The molecule has 0 aliphatic carbocycles. The van der Waals surface area contributed by atoms with Crippen LogP contribution in [0.2, 0.25) is 10.0 Å². The van der Waals surface area contributed by atoms with Gasteiger partial charge in [-0.15, -0.1) is 0 Å². The van der Waals surface area contributed by atoms with E-state index >= 15 is 0 Å². The zero-order chi connectivity index (χ0) is 23.6. The molecule has 0 bridgehead atoms. The second-order valence-electron chi connectivity index (χ2n) is 5.66. The van der Waals surface area contributed by atoms with E-state index in [2.05, 4.69) is 5.10 Å². The van der Waals surface area contributed by atoms with Crippen LogP contribution in [-0.2, 0) is 15.7 Å². The quantitative estimate of drug-likeness (QED) is 0.235. The van der Waals surface area contributed by atoms with Gasteiger partial charge in [0, 0.05) is 13.2 Å². The van der Waals surface area contributed by atoms with Crippen molar-refractivity contribution in [1.82, 2.24) is 9.78 Å². The van der Waals surface area contributed by atoms with Crippen LogP contribution in [0.15, 0.2) is 17.0 Å². The van der Waals surface area contributed by atoms with E-state index in [1.54, 1.807) is 13.8 Å². The van der Waals surface area contributed by atoms with Crippen molar-refractivity contribution in [2.45, 2.75) is 36.7 Å². The molecule has 0 unspecified atom stereocenters. The third kappa shape index (κ3) is 5.98. The zero-order valence-electron chi connectivity index (χ0n) is 15.7. The van der Waals surface area contributed by atoms with E-state index in [1.807, 2.05) is 0 Å². The lowest BCUT2D eigenvalue weighted by Gasteiger charge is -2.21. The molecule has 5 nitrogen and oxygen atoms in total. The number of nitrogens with zero attached hydrogens (tertiary/aromatic N) is 3. The molecule has 0 amide bonds. The third-order valence-electron chi connectivity index (χ3n) is 3.61. The highest BCUT2D eigenvalue weighted by atomic mass is 35.5. The second-order valence-corrected chi connectivity index (χ2v) is 7.55. The summed E-state index contributed by atoms with van der Waals surface area (Å²) in [5.74, 6) is 0. The molecule has 0 aliphatic rings. The summed E-state index contributed by atoms with van der Waals surface area (Å²) in [4.78, 5) is -0.645. The molecule has 1 aromatic heterocycles. The minimum Gasteiger partial charge on any atom is -0.347 e. The average Bonchev–Trinajstić information content (AvgIpc) is 2.96. The fourth-order valence-electron chi connectivity index (χ4n) is 2.52. The first-order valence-corrected chi connectivity index (χ1v) is 9.99. The van der Waals surface area contributed by atoms with Crippen LogP contribution in [0.4, 0.5) is 26.3 Å². The number of alkyl halides is 6. The van der Waals surface area contributed by atoms with Gasteiger partial charge in [0.2, 0.25) is 6.29 Å². The van der Waals surface area contributed by atoms with Gasteiger partial charge in [-0.05, 0) is 37.7 Å². The van der Waals surface area contributed by atoms with Gasteiger partial charge in [0.15, 0.2) is 5.69 Å². The lowest BCUT2D eigenvalue weighted by molar-refractivity contribution is -0.145. The maximum absolute atomic E-state index is 13.2. The highest BCUT2D eigenvalue weighted by molar-refractivity contribution is 8.00. The molecule has 0 spiro atoms. The topological polar surface area (TPSA) is 60.1 Å². The summed E-state index contributed by atoms with van der Waals surface area (Å²) >= 11 is 11.4. The summed E-state index contributed by atoms with van der Waals surface area (Å²) < 4.78 is 90.2. The number of halogens is 8. The van der Waals surface area contributed by atoms with Crippen LogP contribution in [0.5, 0.6) is 0 Å². The molecule has 31 heavy (non-hydrogen) atoms. The lowest BCUT2D eigenvalue weighted by atomic mass is 10.2. The summed E-state index contributed by atoms with van der Waals surface area (Å²) in [6, 6.07) is 2.63. The van der Waals surface area contributed by atoms with Gasteiger partial charge in [-0.2, -0.15) is 36.7 Å². The van der Waals surface area contributed by atoms with Crippen LogP contribution in [0.3, 0.4) is 0 Å². The highest BCUT2D eigenvalue weighted by Gasteiger charge is 2.38. The molecular weight excluding hydrogens is 495 g/mol. The standard InChI is InChI=1S/C17H13Cl2F6N3O2S/c1-3-29-15(30-4-2)13-14(31-17(23,24)25)11(7-26)27-28(13)12-9(18)5-8(6-10(12)19)16(20,21)22/h5-6,15H,3-4H2,1-2H3. The van der Waals surface area contributed by atoms with Gasteiger partial charge >= 0.3 is 11.7 Å². The van der Waals surface area contributed by atoms with E-state index in [0.29, 0.717) is 12.1 Å². The Hall–Kier alpha value is -1.65. The molecule has 2 rings (SSSR count). The molecule has 0 N–H and O–H groups in total. The fraction of sp³-hybridized carbons (Fsp3) is 0.412. The highest BCUT2D eigenvalue weighted by Crippen LogP contribution is 2.45. The second kappa shape index (κ2) is 9.87. The van der Waals surface area contributed by atoms with E-state index in [0.717, 1.165) is 4.68 Å². The monoisotopic (exact) mass is 507 g/mol. The number of hydrogen-bond acceptors (Lipinski definition) is 5. The minimum absolute atomic E-state index is 0.00232. The molecule has 1 aromatic carbocycles. The smallest absolute Gasteiger partial charge is 0.347 e. The van der Waals surface area contributed by atoms with Crippen LogP contribution < -0.4 is 0 Å². The lowest BCUT2D eigenvalue weighted by Crippen LogP contribution is -2.16. The number of nitriles is 1. The Morgan fingerprint density at radius 2 is 1.61 bits per heavy atom. The van der Waals surface area contributed by atoms with Crippen molar-refractivity contribution in [3.63, 3.8) is 0 Å². The first kappa shape index (κ1) is 25.6. The number of thioether (sulfide) groups is 1. The molecular formula is C17H13Cl2F6N3O2S. The number of ether oxygens (including phenoxy) is 2. The van der Waals surface area contributed by atoms with Crippen molar-refractivity contribution < 1.29 is 35.8 Å². The van der Waals surface area contributed by atoms with Crippen molar-refractivity contribution in [1.29, 1.82) is 5.26 Å². The van der Waals surface area contributed by atoms with Crippen molar-refractivity contribution in [3.05, 3.63) is 39.1 Å². The summed E-state index contributed by atoms with van der Waals surface area (Å²) in [6.07, 6.45) is -6.21. The molecule has 0 atom stereocenters. The Morgan fingerprint density at radius 3 is 2.00 bits per heavy atom. The van der Waals surface area contributed by atoms with E-state index in [4.69, 9.17) is 32.7 Å². The minimum atomic E-state index is -4.81. The SMILES string of the molecule is CCOC(OCC)c1c(SC(F)(F)F)c(C#N)nn1-c1c(Cl)cc(C(F)(F)F)cc1Cl. The molecule has 0 radical (unpaired) electrons. The zero-order valence-corrected chi connectivity index (χ0v) is 18.1. The molecule has 0 saturated carbocycles. The summed E-state index contributed by atoms with van der Waals surface area (Å²) in [6.45, 7) is 3.10. The summed E-state index contributed by atoms with van der Waals surface area (Å²) in [5, 5.41) is 12.0. The Labute approximate surface area is 186 Å². The molecule has 0 saturated heterocycles. The van der Waals surface area contributed by atoms with E-state index in [-0.39, 0.29) is 24.6 Å². The average molecular weight is 508 g/mol. The Morgan fingerprint density at radius 1 is 1.10 bits per heavy atom. The van der Waals surface area contributed by atoms with Gasteiger partial charge in [-0.1, -0.05) is 23.2 Å². The van der Waals surface area contributed by atoms with Gasteiger partial charge in [0.25, 0.3) is 0 Å². The summed E-state index contributed by atoms with van der Waals surface area (Å²) in [5.41, 5.74) is -7.39. The normalized spacial score (nSPS) is 12.5. The van der Waals surface area contributed by atoms with Crippen LogP contribution in [-0.4, -0.2) is 28.5 Å². The van der Waals surface area contributed by atoms with E-state index in [9.17, 15) is 31.6 Å². The number of rotatable bonds is 7. The number of aromatic nitrogens is 2. The van der Waals surface area contributed by atoms with Crippen molar-refractivity contribution >= 4 is 35.0 Å². The molecule has 0 aliphatic heterocycles. The van der Waals surface area contributed by atoms with Crippen LogP contribution >= 0.6 is 35.0 Å². The first-order chi connectivity index (χ1) is 14.3. The van der Waals surface area contributed by atoms with Gasteiger partial charge in [-0.25, -0.2) is 4.68 Å². The molecule has 0 fully saturated rings. The Kier molecular flexibility index (Phi) is 8.15. The van der Waals surface area contributed by atoms with Gasteiger partial charge in [0.1, 0.15) is 17.5 Å². The van der Waals surface area contributed by atoms with Crippen LogP contribution in [0.25, 0.3) is 5.69 Å². The molecule has 14 heteroatoms. The predicted molar refractivity (Wildman–Crippen MR) is 101 cm³/mol. The summed E-state index contributed by atoms with van der Waals surface area (Å²) in [7, 11) is 0. The van der Waals surface area contributed by atoms with Crippen molar-refractivity contribution in [2.75, 3.05) is 13.2 Å². The molecule has 170 valence electrons. The Bertz CT molecular complexity index is 959. The maximum atomic E-state index is 13.2. The largest absolute Gasteiger partial charge is 0.446 e. The third-order valence-corrected chi connectivity index (χ3v) is 5.03. The van der Waals surface area contributed by atoms with Crippen molar-refractivity contribution in [2.24, 2.45) is 0 Å². The molecule has 2 aromatic rings. The maximum Gasteiger partial charge on any atom is 0.446 e. The predicted octanol–water partition coefficient (Wildman–Crippen LogP) is 6.75. The first-order valence-electron chi connectivity index (χ1n) is 8.42. The van der Waals surface area contributed by atoms with E-state index < -0.39 is 55.9 Å². The number of hydrogen-bond donors (Lipinski definition) is 0. The Balaban J connectivity index is 2.86. The van der Waals surface area contributed by atoms with Gasteiger partial charge < -0.3 is 9.47 Å².